The van der Waals surface area contributed by atoms with Crippen LogP contribution in [-0.4, -0.2) is 31.5 Å². The third kappa shape index (κ3) is 4.01. The van der Waals surface area contributed by atoms with Crippen molar-refractivity contribution in [1.82, 2.24) is 10.6 Å². The number of nitrogens with zero attached hydrogens (tertiary/aromatic N) is 2. The number of carbonyl (C=O) groups excluding carboxylic acids is 1. The fourth-order valence-corrected chi connectivity index (χ4v) is 3.74. The van der Waals surface area contributed by atoms with Crippen LogP contribution in [0.25, 0.3) is 0 Å². The van der Waals surface area contributed by atoms with Crippen LogP contribution in [-0.2, 0) is 11.3 Å². The van der Waals surface area contributed by atoms with Gasteiger partial charge in [-0.2, -0.15) is 0 Å². The number of benzene rings is 2. The number of carbonyl (C=O) groups is 1. The maximum absolute atomic E-state index is 13.9. The van der Waals surface area contributed by atoms with Crippen LogP contribution in [0.1, 0.15) is 36.3 Å². The second-order valence-electron chi connectivity index (χ2n) is 7.36. The van der Waals surface area contributed by atoms with Gasteiger partial charge in [-0.25, -0.2) is 4.39 Å². The summed E-state index contributed by atoms with van der Waals surface area (Å²) in [5, 5.41) is 6.67. The number of aliphatic imine (C=N–C) groups is 1. The van der Waals surface area contributed by atoms with Crippen molar-refractivity contribution in [2.45, 2.75) is 37.8 Å². The molecular weight excluding hydrogens is 355 g/mol. The zero-order valence-electron chi connectivity index (χ0n) is 16.0. The number of amides is 1. The molecule has 2 fully saturated rings. The molecule has 2 aromatic rings. The number of halogens is 1. The van der Waals surface area contributed by atoms with E-state index in [1.165, 1.54) is 6.07 Å². The Morgan fingerprint density at radius 3 is 2.68 bits per heavy atom. The SMILES string of the molecule is CN=C(NCc1ccc(N2CCCC2=O)cc1)NC1CC1c1ccccc1F. The van der Waals surface area contributed by atoms with Crippen LogP contribution in [0.4, 0.5) is 10.1 Å². The molecule has 1 heterocycles. The van der Waals surface area contributed by atoms with Gasteiger partial charge in [-0.05, 0) is 42.2 Å². The first-order valence-electron chi connectivity index (χ1n) is 9.76. The van der Waals surface area contributed by atoms with Gasteiger partial charge in [0.25, 0.3) is 0 Å². The largest absolute Gasteiger partial charge is 0.353 e. The van der Waals surface area contributed by atoms with E-state index in [1.54, 1.807) is 13.1 Å². The normalized spacial score (nSPS) is 21.7. The van der Waals surface area contributed by atoms with E-state index in [2.05, 4.69) is 15.6 Å². The number of rotatable bonds is 5. The highest BCUT2D eigenvalue weighted by Gasteiger charge is 2.40. The standard InChI is InChI=1S/C22H25FN4O/c1-24-22(26-20-13-18(20)17-5-2-3-6-19(17)23)25-14-15-8-10-16(11-9-15)27-12-4-7-21(27)28/h2-3,5-6,8-11,18,20H,4,7,12-14H2,1H3,(H2,24,25,26). The molecule has 6 heteroatoms. The number of hydrogen-bond donors (Lipinski definition) is 2. The van der Waals surface area contributed by atoms with Gasteiger partial charge in [0.1, 0.15) is 5.82 Å². The fraction of sp³-hybridized carbons (Fsp3) is 0.364. The Hall–Kier alpha value is -2.89. The predicted molar refractivity (Wildman–Crippen MR) is 109 cm³/mol. The lowest BCUT2D eigenvalue weighted by Gasteiger charge is -2.16. The first kappa shape index (κ1) is 18.5. The van der Waals surface area contributed by atoms with Gasteiger partial charge in [-0.1, -0.05) is 30.3 Å². The Balaban J connectivity index is 1.29. The minimum atomic E-state index is -0.142. The van der Waals surface area contributed by atoms with E-state index in [0.717, 1.165) is 36.2 Å². The molecule has 0 bridgehead atoms. The van der Waals surface area contributed by atoms with Crippen LogP contribution >= 0.6 is 0 Å². The summed E-state index contributed by atoms with van der Waals surface area (Å²) in [6.07, 6.45) is 2.47. The van der Waals surface area contributed by atoms with Gasteiger partial charge in [-0.15, -0.1) is 0 Å². The van der Waals surface area contributed by atoms with E-state index >= 15 is 0 Å². The monoisotopic (exact) mass is 380 g/mol. The van der Waals surface area contributed by atoms with E-state index in [0.29, 0.717) is 18.9 Å². The first-order valence-corrected chi connectivity index (χ1v) is 9.76. The Bertz CT molecular complexity index is 880. The van der Waals surface area contributed by atoms with Gasteiger partial charge in [0.15, 0.2) is 5.96 Å². The highest BCUT2D eigenvalue weighted by molar-refractivity contribution is 5.95. The molecule has 1 amide bonds. The molecule has 1 aliphatic carbocycles. The van der Waals surface area contributed by atoms with Crippen LogP contribution in [0.3, 0.4) is 0 Å². The van der Waals surface area contributed by atoms with Gasteiger partial charge in [0.2, 0.25) is 5.91 Å². The van der Waals surface area contributed by atoms with Crippen molar-refractivity contribution >= 4 is 17.6 Å². The third-order valence-electron chi connectivity index (χ3n) is 5.42. The molecule has 1 saturated carbocycles. The minimum absolute atomic E-state index is 0.142. The van der Waals surface area contributed by atoms with Crippen LogP contribution in [0.5, 0.6) is 0 Å². The molecule has 2 aliphatic rings. The number of anilines is 1. The van der Waals surface area contributed by atoms with Crippen molar-refractivity contribution in [2.24, 2.45) is 4.99 Å². The first-order chi connectivity index (χ1) is 13.7. The Labute approximate surface area is 164 Å². The number of guanidine groups is 1. The molecule has 146 valence electrons. The summed E-state index contributed by atoms with van der Waals surface area (Å²) in [6.45, 7) is 1.43. The molecule has 4 rings (SSSR count). The molecule has 2 atom stereocenters. The van der Waals surface area contributed by atoms with Crippen molar-refractivity contribution < 1.29 is 9.18 Å². The predicted octanol–water partition coefficient (Wildman–Crippen LogP) is 3.17. The van der Waals surface area contributed by atoms with E-state index in [4.69, 9.17) is 0 Å². The molecule has 2 aromatic carbocycles. The number of nitrogens with one attached hydrogen (secondary N) is 2. The van der Waals surface area contributed by atoms with Crippen molar-refractivity contribution in [3.05, 3.63) is 65.5 Å². The minimum Gasteiger partial charge on any atom is -0.353 e. The molecule has 0 radical (unpaired) electrons. The summed E-state index contributed by atoms with van der Waals surface area (Å²) in [5.41, 5.74) is 2.83. The summed E-state index contributed by atoms with van der Waals surface area (Å²) in [7, 11) is 1.73. The molecule has 0 aromatic heterocycles. The lowest BCUT2D eigenvalue weighted by Crippen LogP contribution is -2.38. The van der Waals surface area contributed by atoms with Gasteiger partial charge in [-0.3, -0.25) is 9.79 Å². The van der Waals surface area contributed by atoms with Crippen LogP contribution in [0, 0.1) is 5.82 Å². The topological polar surface area (TPSA) is 56.7 Å². The maximum atomic E-state index is 13.9. The Kier molecular flexibility index (Phi) is 5.28. The molecule has 5 nitrogen and oxygen atoms in total. The summed E-state index contributed by atoms with van der Waals surface area (Å²) >= 11 is 0. The van der Waals surface area contributed by atoms with Crippen LogP contribution in [0.2, 0.25) is 0 Å². The summed E-state index contributed by atoms with van der Waals surface area (Å²) in [6, 6.07) is 15.2. The zero-order chi connectivity index (χ0) is 19.5. The van der Waals surface area contributed by atoms with Gasteiger partial charge >= 0.3 is 0 Å². The van der Waals surface area contributed by atoms with Gasteiger partial charge < -0.3 is 15.5 Å². The lowest BCUT2D eigenvalue weighted by atomic mass is 10.1. The van der Waals surface area contributed by atoms with Crippen molar-refractivity contribution in [1.29, 1.82) is 0 Å². The van der Waals surface area contributed by atoms with Gasteiger partial charge in [0.05, 0.1) is 0 Å². The van der Waals surface area contributed by atoms with Crippen molar-refractivity contribution in [3.8, 4) is 0 Å². The lowest BCUT2D eigenvalue weighted by molar-refractivity contribution is -0.117. The molecule has 2 unspecified atom stereocenters. The van der Waals surface area contributed by atoms with E-state index in [9.17, 15) is 9.18 Å². The van der Waals surface area contributed by atoms with E-state index in [-0.39, 0.29) is 23.7 Å². The molecule has 28 heavy (non-hydrogen) atoms. The molecule has 2 N–H and O–H groups in total. The second-order valence-corrected chi connectivity index (χ2v) is 7.36. The third-order valence-corrected chi connectivity index (χ3v) is 5.42. The van der Waals surface area contributed by atoms with Crippen LogP contribution in [0.15, 0.2) is 53.5 Å². The molecule has 0 spiro atoms. The highest BCUT2D eigenvalue weighted by atomic mass is 19.1. The summed E-state index contributed by atoms with van der Waals surface area (Å²) in [5.74, 6) is 0.959. The molecule has 1 aliphatic heterocycles. The zero-order valence-corrected chi connectivity index (χ0v) is 16.0. The smallest absolute Gasteiger partial charge is 0.227 e. The molecule has 1 saturated heterocycles. The van der Waals surface area contributed by atoms with Crippen molar-refractivity contribution in [2.75, 3.05) is 18.5 Å². The summed E-state index contributed by atoms with van der Waals surface area (Å²) in [4.78, 5) is 18.0. The molecular formula is C22H25FN4O. The Morgan fingerprint density at radius 1 is 1.21 bits per heavy atom. The maximum Gasteiger partial charge on any atom is 0.227 e. The second kappa shape index (κ2) is 8.00. The summed E-state index contributed by atoms with van der Waals surface area (Å²) < 4.78 is 13.9. The average molecular weight is 380 g/mol. The highest BCUT2D eigenvalue weighted by Crippen LogP contribution is 2.41. The number of hydrogen-bond acceptors (Lipinski definition) is 2. The Morgan fingerprint density at radius 2 is 2.00 bits per heavy atom. The van der Waals surface area contributed by atoms with E-state index in [1.807, 2.05) is 41.3 Å². The quantitative estimate of drug-likeness (QED) is 0.619. The van der Waals surface area contributed by atoms with Crippen LogP contribution < -0.4 is 15.5 Å². The van der Waals surface area contributed by atoms with Crippen molar-refractivity contribution in [3.63, 3.8) is 0 Å². The average Bonchev–Trinajstić information content (AvgIpc) is 3.34. The van der Waals surface area contributed by atoms with Gasteiger partial charge in [0, 0.05) is 44.2 Å². The fourth-order valence-electron chi connectivity index (χ4n) is 3.74. The van der Waals surface area contributed by atoms with E-state index < -0.39 is 0 Å².